The molecule has 0 spiro atoms. The second-order valence-corrected chi connectivity index (χ2v) is 7.46. The molecule has 156 valence electrons. The Hall–Kier alpha value is -2.28. The highest BCUT2D eigenvalue weighted by Crippen LogP contribution is 2.24. The Morgan fingerprint density at radius 2 is 1.68 bits per heavy atom. The van der Waals surface area contributed by atoms with Gasteiger partial charge in [0.05, 0.1) is 14.2 Å². The van der Waals surface area contributed by atoms with Crippen LogP contribution in [-0.4, -0.2) is 75.1 Å². The number of amides is 2. The van der Waals surface area contributed by atoms with Gasteiger partial charge in [0.25, 0.3) is 5.91 Å². The summed E-state index contributed by atoms with van der Waals surface area (Å²) in [5.74, 6) is 1.61. The summed E-state index contributed by atoms with van der Waals surface area (Å²) in [5, 5.41) is 3.25. The summed E-state index contributed by atoms with van der Waals surface area (Å²) in [6, 6.07) is 5.17. The number of carbonyl (C=O) groups is 2. The first-order valence-electron chi connectivity index (χ1n) is 9.95. The molecule has 1 aromatic carbocycles. The van der Waals surface area contributed by atoms with Crippen molar-refractivity contribution in [1.82, 2.24) is 15.1 Å². The van der Waals surface area contributed by atoms with Crippen molar-refractivity contribution in [3.05, 3.63) is 23.8 Å². The lowest BCUT2D eigenvalue weighted by Gasteiger charge is -2.29. The van der Waals surface area contributed by atoms with Crippen LogP contribution in [0.4, 0.5) is 0 Å². The predicted molar refractivity (Wildman–Crippen MR) is 109 cm³/mol. The molecule has 1 aliphatic rings. The quantitative estimate of drug-likeness (QED) is 0.697. The van der Waals surface area contributed by atoms with Crippen LogP contribution in [0.1, 0.15) is 37.0 Å². The number of ether oxygens (including phenoxy) is 2. The monoisotopic (exact) mass is 391 g/mol. The van der Waals surface area contributed by atoms with Gasteiger partial charge < -0.3 is 24.6 Å². The summed E-state index contributed by atoms with van der Waals surface area (Å²) >= 11 is 0. The Kier molecular flexibility index (Phi) is 8.57. The highest BCUT2D eigenvalue weighted by Gasteiger charge is 2.21. The number of methoxy groups -OCH3 is 2. The Bertz CT molecular complexity index is 635. The van der Waals surface area contributed by atoms with Crippen LogP contribution in [-0.2, 0) is 4.79 Å². The molecular formula is C21H33N3O4. The molecule has 1 aromatic rings. The van der Waals surface area contributed by atoms with E-state index in [2.05, 4.69) is 19.2 Å². The largest absolute Gasteiger partial charge is 0.497 e. The van der Waals surface area contributed by atoms with Gasteiger partial charge in [-0.3, -0.25) is 9.59 Å². The van der Waals surface area contributed by atoms with Gasteiger partial charge in [-0.15, -0.1) is 0 Å². The third kappa shape index (κ3) is 6.41. The average molecular weight is 392 g/mol. The number of nitrogens with one attached hydrogen (secondary N) is 1. The molecule has 7 nitrogen and oxygen atoms in total. The number of carbonyl (C=O) groups excluding carboxylic acids is 2. The van der Waals surface area contributed by atoms with E-state index < -0.39 is 0 Å². The van der Waals surface area contributed by atoms with Gasteiger partial charge in [-0.2, -0.15) is 0 Å². The summed E-state index contributed by atoms with van der Waals surface area (Å²) in [7, 11) is 3.12. The molecule has 1 aliphatic heterocycles. The van der Waals surface area contributed by atoms with E-state index in [0.717, 1.165) is 32.6 Å². The van der Waals surface area contributed by atoms with Crippen LogP contribution < -0.4 is 14.8 Å². The van der Waals surface area contributed by atoms with Crippen molar-refractivity contribution in [3.63, 3.8) is 0 Å². The van der Waals surface area contributed by atoms with E-state index in [9.17, 15) is 9.59 Å². The molecule has 28 heavy (non-hydrogen) atoms. The van der Waals surface area contributed by atoms with Gasteiger partial charge in [0.2, 0.25) is 5.91 Å². The van der Waals surface area contributed by atoms with E-state index in [1.165, 1.54) is 0 Å². The fraction of sp³-hybridized carbons (Fsp3) is 0.619. The molecule has 1 heterocycles. The maximum atomic E-state index is 13.2. The van der Waals surface area contributed by atoms with E-state index in [-0.39, 0.29) is 11.8 Å². The normalized spacial score (nSPS) is 14.1. The molecule has 0 bridgehead atoms. The van der Waals surface area contributed by atoms with Crippen LogP contribution >= 0.6 is 0 Å². The lowest BCUT2D eigenvalue weighted by molar-refractivity contribution is -0.131. The van der Waals surface area contributed by atoms with Crippen molar-refractivity contribution < 1.29 is 19.1 Å². The molecule has 1 N–H and O–H groups in total. The van der Waals surface area contributed by atoms with E-state index in [4.69, 9.17) is 9.47 Å². The molecule has 2 rings (SSSR count). The molecule has 0 aromatic heterocycles. The number of benzene rings is 1. The topological polar surface area (TPSA) is 71.1 Å². The summed E-state index contributed by atoms with van der Waals surface area (Å²) in [6.07, 6.45) is 1.22. The van der Waals surface area contributed by atoms with Gasteiger partial charge in [0, 0.05) is 57.3 Å². The second kappa shape index (κ2) is 10.9. The fourth-order valence-electron chi connectivity index (χ4n) is 3.15. The molecule has 1 saturated heterocycles. The molecule has 0 aliphatic carbocycles. The van der Waals surface area contributed by atoms with E-state index in [0.29, 0.717) is 42.5 Å². The van der Waals surface area contributed by atoms with Gasteiger partial charge in [0.1, 0.15) is 11.5 Å². The Morgan fingerprint density at radius 3 is 2.21 bits per heavy atom. The first kappa shape index (κ1) is 22.0. The van der Waals surface area contributed by atoms with Crippen LogP contribution in [0.15, 0.2) is 18.2 Å². The predicted octanol–water partition coefficient (Wildman–Crippen LogP) is 2.01. The second-order valence-electron chi connectivity index (χ2n) is 7.46. The summed E-state index contributed by atoms with van der Waals surface area (Å²) in [6.45, 7) is 8.39. The third-order valence-electron chi connectivity index (χ3n) is 4.93. The van der Waals surface area contributed by atoms with Crippen LogP contribution in [0.2, 0.25) is 0 Å². The fourth-order valence-corrected chi connectivity index (χ4v) is 3.15. The first-order chi connectivity index (χ1) is 13.4. The molecule has 0 radical (unpaired) electrons. The minimum atomic E-state index is -0.106. The van der Waals surface area contributed by atoms with Gasteiger partial charge >= 0.3 is 0 Å². The third-order valence-corrected chi connectivity index (χ3v) is 4.93. The SMILES string of the molecule is COc1cc(OC)cc(C(=O)N(CCC(=O)N2CCNCC2)CCC(C)C)c1. The summed E-state index contributed by atoms with van der Waals surface area (Å²) in [4.78, 5) is 29.3. The average Bonchev–Trinajstić information content (AvgIpc) is 2.73. The lowest BCUT2D eigenvalue weighted by atomic mass is 10.1. The maximum absolute atomic E-state index is 13.2. The highest BCUT2D eigenvalue weighted by atomic mass is 16.5. The van der Waals surface area contributed by atoms with Gasteiger partial charge in [-0.1, -0.05) is 13.8 Å². The van der Waals surface area contributed by atoms with Crippen LogP contribution in [0.5, 0.6) is 11.5 Å². The molecule has 1 fully saturated rings. The summed E-state index contributed by atoms with van der Waals surface area (Å²) in [5.41, 5.74) is 0.509. The zero-order valence-electron chi connectivity index (χ0n) is 17.5. The van der Waals surface area contributed by atoms with Crippen LogP contribution in [0, 0.1) is 5.92 Å². The van der Waals surface area contributed by atoms with Crippen molar-refractivity contribution in [2.45, 2.75) is 26.7 Å². The molecule has 2 amide bonds. The summed E-state index contributed by atoms with van der Waals surface area (Å²) < 4.78 is 10.6. The molecule has 0 atom stereocenters. The molecular weight excluding hydrogens is 358 g/mol. The van der Waals surface area contributed by atoms with Crippen molar-refractivity contribution in [2.24, 2.45) is 5.92 Å². The highest BCUT2D eigenvalue weighted by molar-refractivity contribution is 5.95. The van der Waals surface area contributed by atoms with Gasteiger partial charge in [0.15, 0.2) is 0 Å². The van der Waals surface area contributed by atoms with Gasteiger partial charge in [-0.25, -0.2) is 0 Å². The maximum Gasteiger partial charge on any atom is 0.254 e. The van der Waals surface area contributed by atoms with Crippen molar-refractivity contribution >= 4 is 11.8 Å². The minimum Gasteiger partial charge on any atom is -0.497 e. The van der Waals surface area contributed by atoms with Crippen molar-refractivity contribution in [3.8, 4) is 11.5 Å². The number of nitrogens with zero attached hydrogens (tertiary/aromatic N) is 2. The molecule has 0 saturated carbocycles. The number of hydrogen-bond donors (Lipinski definition) is 1. The Balaban J connectivity index is 2.10. The zero-order chi connectivity index (χ0) is 20.5. The van der Waals surface area contributed by atoms with Crippen molar-refractivity contribution in [1.29, 1.82) is 0 Å². The van der Waals surface area contributed by atoms with Crippen LogP contribution in [0.25, 0.3) is 0 Å². The smallest absolute Gasteiger partial charge is 0.254 e. The zero-order valence-corrected chi connectivity index (χ0v) is 17.5. The minimum absolute atomic E-state index is 0.104. The lowest BCUT2D eigenvalue weighted by Crippen LogP contribution is -2.47. The number of rotatable bonds is 9. The number of hydrogen-bond acceptors (Lipinski definition) is 5. The Morgan fingerprint density at radius 1 is 1.07 bits per heavy atom. The standard InChI is InChI=1S/C21H33N3O4/c1-16(2)5-9-24(10-6-20(25)23-11-7-22-8-12-23)21(26)17-13-18(27-3)15-19(14-17)28-4/h13-16,22H,5-12H2,1-4H3. The van der Waals surface area contributed by atoms with Gasteiger partial charge in [-0.05, 0) is 24.5 Å². The van der Waals surface area contributed by atoms with E-state index >= 15 is 0 Å². The van der Waals surface area contributed by atoms with Crippen LogP contribution in [0.3, 0.4) is 0 Å². The van der Waals surface area contributed by atoms with E-state index in [1.54, 1.807) is 37.3 Å². The van der Waals surface area contributed by atoms with E-state index in [1.807, 2.05) is 4.90 Å². The number of piperazine rings is 1. The first-order valence-corrected chi connectivity index (χ1v) is 9.95. The molecule has 0 unspecified atom stereocenters. The van der Waals surface area contributed by atoms with Crippen molar-refractivity contribution in [2.75, 3.05) is 53.5 Å². The molecule has 7 heteroatoms. The Labute approximate surface area is 168 Å².